The molecular formula is C14H22N2O3. The molecule has 0 aliphatic rings. The highest BCUT2D eigenvalue weighted by atomic mass is 16.4. The topological polar surface area (TPSA) is 86.8 Å². The van der Waals surface area contributed by atoms with Gasteiger partial charge in [0.25, 0.3) is 0 Å². The lowest BCUT2D eigenvalue weighted by atomic mass is 9.98. The van der Waals surface area contributed by atoms with Gasteiger partial charge >= 0.3 is 5.97 Å². The second kappa shape index (κ2) is 7.11. The standard InChI is InChI=1S/C14H22N2O3/c1-16(2)8-7-10-3-5-13(17)11(9-10)12(15)4-6-14(18)19/h3,5,9,12,17H,4,6-8,15H2,1-2H3,(H,18,19). The maximum atomic E-state index is 10.5. The van der Waals surface area contributed by atoms with Crippen LogP contribution >= 0.6 is 0 Å². The highest BCUT2D eigenvalue weighted by molar-refractivity contribution is 5.66. The van der Waals surface area contributed by atoms with Crippen molar-refractivity contribution in [2.45, 2.75) is 25.3 Å². The van der Waals surface area contributed by atoms with Crippen LogP contribution in [0, 0.1) is 0 Å². The lowest BCUT2D eigenvalue weighted by Gasteiger charge is -2.15. The fourth-order valence-electron chi connectivity index (χ4n) is 1.84. The van der Waals surface area contributed by atoms with Crippen LogP contribution in [0.3, 0.4) is 0 Å². The summed E-state index contributed by atoms with van der Waals surface area (Å²) < 4.78 is 0. The van der Waals surface area contributed by atoms with Gasteiger partial charge in [0.05, 0.1) is 0 Å². The number of carbonyl (C=O) groups is 1. The Balaban J connectivity index is 2.75. The van der Waals surface area contributed by atoms with Gasteiger partial charge in [-0.1, -0.05) is 12.1 Å². The van der Waals surface area contributed by atoms with Crippen molar-refractivity contribution < 1.29 is 15.0 Å². The van der Waals surface area contributed by atoms with Crippen molar-refractivity contribution in [3.8, 4) is 5.75 Å². The Morgan fingerprint density at radius 2 is 2.11 bits per heavy atom. The van der Waals surface area contributed by atoms with E-state index >= 15 is 0 Å². The van der Waals surface area contributed by atoms with Crippen LogP contribution in [-0.2, 0) is 11.2 Å². The smallest absolute Gasteiger partial charge is 0.303 e. The first-order chi connectivity index (χ1) is 8.90. The van der Waals surface area contributed by atoms with Crippen molar-refractivity contribution in [1.29, 1.82) is 0 Å². The Bertz CT molecular complexity index is 433. The molecule has 0 aliphatic heterocycles. The molecule has 1 aromatic carbocycles. The molecule has 4 N–H and O–H groups in total. The van der Waals surface area contributed by atoms with Crippen LogP contribution < -0.4 is 5.73 Å². The average molecular weight is 266 g/mol. The summed E-state index contributed by atoms with van der Waals surface area (Å²) in [6.45, 7) is 0.911. The summed E-state index contributed by atoms with van der Waals surface area (Å²) in [6.07, 6.45) is 1.19. The molecule has 0 heterocycles. The van der Waals surface area contributed by atoms with Crippen molar-refractivity contribution in [3.05, 3.63) is 29.3 Å². The van der Waals surface area contributed by atoms with Gasteiger partial charge in [-0.2, -0.15) is 0 Å². The second-order valence-corrected chi connectivity index (χ2v) is 4.99. The molecule has 0 amide bonds. The number of hydrogen-bond acceptors (Lipinski definition) is 4. The molecular weight excluding hydrogens is 244 g/mol. The van der Waals surface area contributed by atoms with Crippen molar-refractivity contribution in [1.82, 2.24) is 4.90 Å². The molecule has 0 aromatic heterocycles. The SMILES string of the molecule is CN(C)CCc1ccc(O)c(C(N)CCC(=O)O)c1. The first-order valence-electron chi connectivity index (χ1n) is 6.34. The van der Waals surface area contributed by atoms with E-state index < -0.39 is 12.0 Å². The molecule has 0 fully saturated rings. The van der Waals surface area contributed by atoms with Gasteiger partial charge < -0.3 is 20.8 Å². The van der Waals surface area contributed by atoms with E-state index in [1.165, 1.54) is 0 Å². The molecule has 0 bridgehead atoms. The lowest BCUT2D eigenvalue weighted by molar-refractivity contribution is -0.137. The summed E-state index contributed by atoms with van der Waals surface area (Å²) in [7, 11) is 4.00. The number of benzene rings is 1. The lowest BCUT2D eigenvalue weighted by Crippen LogP contribution is -2.16. The number of rotatable bonds is 7. The number of phenolic OH excluding ortho intramolecular Hbond substituents is 1. The van der Waals surface area contributed by atoms with Crippen LogP contribution in [0.1, 0.15) is 30.0 Å². The minimum absolute atomic E-state index is 0.00251. The third-order valence-corrected chi connectivity index (χ3v) is 3.01. The Morgan fingerprint density at radius 3 is 2.68 bits per heavy atom. The van der Waals surface area contributed by atoms with Gasteiger partial charge in [-0.3, -0.25) is 4.79 Å². The zero-order valence-electron chi connectivity index (χ0n) is 11.5. The monoisotopic (exact) mass is 266 g/mol. The maximum absolute atomic E-state index is 10.5. The van der Waals surface area contributed by atoms with Crippen LogP contribution in [0.15, 0.2) is 18.2 Å². The molecule has 1 rings (SSSR count). The average Bonchev–Trinajstić information content (AvgIpc) is 2.34. The number of carboxylic acids is 1. The number of likely N-dealkylation sites (N-methyl/N-ethyl adjacent to an activating group) is 1. The molecule has 0 saturated heterocycles. The zero-order chi connectivity index (χ0) is 14.4. The summed E-state index contributed by atoms with van der Waals surface area (Å²) in [6, 6.07) is 4.91. The highest BCUT2D eigenvalue weighted by Gasteiger charge is 2.13. The van der Waals surface area contributed by atoms with E-state index in [0.29, 0.717) is 12.0 Å². The number of carboxylic acid groups (broad SMARTS) is 1. The molecule has 1 atom stereocenters. The Kier molecular flexibility index (Phi) is 5.79. The van der Waals surface area contributed by atoms with E-state index in [-0.39, 0.29) is 12.2 Å². The Hall–Kier alpha value is -1.59. The van der Waals surface area contributed by atoms with Crippen molar-refractivity contribution >= 4 is 5.97 Å². The molecule has 0 spiro atoms. The Labute approximate surface area is 113 Å². The number of nitrogens with zero attached hydrogens (tertiary/aromatic N) is 1. The summed E-state index contributed by atoms with van der Waals surface area (Å²) in [5, 5.41) is 18.5. The first kappa shape index (κ1) is 15.5. The predicted octanol–water partition coefficient (Wildman–Crippen LogP) is 1.36. The molecule has 5 nitrogen and oxygen atoms in total. The van der Waals surface area contributed by atoms with Crippen LogP contribution in [0.5, 0.6) is 5.75 Å². The third kappa shape index (κ3) is 5.28. The zero-order valence-corrected chi connectivity index (χ0v) is 11.5. The summed E-state index contributed by atoms with van der Waals surface area (Å²) in [4.78, 5) is 12.6. The normalized spacial score (nSPS) is 12.6. The minimum Gasteiger partial charge on any atom is -0.508 e. The first-order valence-corrected chi connectivity index (χ1v) is 6.34. The van der Waals surface area contributed by atoms with E-state index in [9.17, 15) is 9.90 Å². The molecule has 106 valence electrons. The van der Waals surface area contributed by atoms with Gasteiger partial charge in [-0.25, -0.2) is 0 Å². The van der Waals surface area contributed by atoms with E-state index in [0.717, 1.165) is 18.5 Å². The van der Waals surface area contributed by atoms with Crippen LogP contribution in [0.25, 0.3) is 0 Å². The summed E-state index contributed by atoms with van der Waals surface area (Å²) in [5.41, 5.74) is 7.65. The molecule has 5 heteroatoms. The van der Waals surface area contributed by atoms with Gasteiger partial charge in [-0.05, 0) is 38.6 Å². The van der Waals surface area contributed by atoms with Gasteiger partial charge in [0.1, 0.15) is 5.75 Å². The minimum atomic E-state index is -0.876. The number of nitrogens with two attached hydrogens (primary N) is 1. The second-order valence-electron chi connectivity index (χ2n) is 4.99. The molecule has 19 heavy (non-hydrogen) atoms. The van der Waals surface area contributed by atoms with E-state index in [1.54, 1.807) is 6.07 Å². The summed E-state index contributed by atoms with van der Waals surface area (Å²) in [5.74, 6) is -0.745. The van der Waals surface area contributed by atoms with Gasteiger partial charge in [0.2, 0.25) is 0 Å². The number of phenols is 1. The molecule has 1 unspecified atom stereocenters. The number of aromatic hydroxyl groups is 1. The van der Waals surface area contributed by atoms with Gasteiger partial charge in [0.15, 0.2) is 0 Å². The van der Waals surface area contributed by atoms with E-state index in [4.69, 9.17) is 10.8 Å². The highest BCUT2D eigenvalue weighted by Crippen LogP contribution is 2.26. The third-order valence-electron chi connectivity index (χ3n) is 3.01. The van der Waals surface area contributed by atoms with Crippen LogP contribution in [0.4, 0.5) is 0 Å². The van der Waals surface area contributed by atoms with Gasteiger partial charge in [-0.15, -0.1) is 0 Å². The van der Waals surface area contributed by atoms with E-state index in [1.807, 2.05) is 26.2 Å². The van der Waals surface area contributed by atoms with Crippen molar-refractivity contribution in [2.24, 2.45) is 5.73 Å². The molecule has 1 aromatic rings. The summed E-state index contributed by atoms with van der Waals surface area (Å²) >= 11 is 0. The quantitative estimate of drug-likeness (QED) is 0.693. The Morgan fingerprint density at radius 1 is 1.42 bits per heavy atom. The molecule has 0 aliphatic carbocycles. The molecule has 0 saturated carbocycles. The largest absolute Gasteiger partial charge is 0.508 e. The van der Waals surface area contributed by atoms with Crippen molar-refractivity contribution in [2.75, 3.05) is 20.6 Å². The fraction of sp³-hybridized carbons (Fsp3) is 0.500. The predicted molar refractivity (Wildman–Crippen MR) is 74.2 cm³/mol. The number of aliphatic carboxylic acids is 1. The number of hydrogen-bond donors (Lipinski definition) is 3. The van der Waals surface area contributed by atoms with Crippen molar-refractivity contribution in [3.63, 3.8) is 0 Å². The maximum Gasteiger partial charge on any atom is 0.303 e. The van der Waals surface area contributed by atoms with Crippen LogP contribution in [0.2, 0.25) is 0 Å². The molecule has 0 radical (unpaired) electrons. The fourth-order valence-corrected chi connectivity index (χ4v) is 1.84. The van der Waals surface area contributed by atoms with E-state index in [2.05, 4.69) is 4.90 Å². The van der Waals surface area contributed by atoms with Gasteiger partial charge in [0, 0.05) is 24.6 Å². The van der Waals surface area contributed by atoms with Crippen LogP contribution in [-0.4, -0.2) is 41.7 Å².